The molecule has 3 rings (SSSR count). The third-order valence-corrected chi connectivity index (χ3v) is 5.24. The topological polar surface area (TPSA) is 64.0 Å². The van der Waals surface area contributed by atoms with E-state index in [1.165, 1.54) is 0 Å². The maximum Gasteiger partial charge on any atom is 0.265 e. The van der Waals surface area contributed by atoms with Crippen LogP contribution in [-0.4, -0.2) is 18.2 Å². The van der Waals surface area contributed by atoms with Gasteiger partial charge >= 0.3 is 0 Å². The van der Waals surface area contributed by atoms with Gasteiger partial charge in [-0.25, -0.2) is 8.42 Å². The fraction of sp³-hybridized carbons (Fsp3) is 0.167. The summed E-state index contributed by atoms with van der Waals surface area (Å²) in [6.07, 6.45) is 1.56. The Bertz CT molecular complexity index is 947. The number of anilines is 1. The summed E-state index contributed by atoms with van der Waals surface area (Å²) in [7, 11) is -3.70. The van der Waals surface area contributed by atoms with Gasteiger partial charge < -0.3 is 0 Å². The Kier molecular flexibility index (Phi) is 4.40. The molecular weight excluding hydrogens is 322 g/mol. The molecule has 1 heterocycles. The number of rotatable bonds is 5. The largest absolute Gasteiger partial charge is 0.279 e. The maximum absolute atomic E-state index is 12.8. The third-order valence-electron chi connectivity index (χ3n) is 3.77. The second-order valence-corrected chi connectivity index (χ2v) is 7.10. The SMILES string of the molecule is CCn1cc(S(=O)(=O)Nc2ccccc2-c2ccccc2)c(C)n1. The molecule has 0 radical (unpaired) electrons. The quantitative estimate of drug-likeness (QED) is 0.770. The van der Waals surface area contributed by atoms with Crippen LogP contribution in [0.4, 0.5) is 5.69 Å². The van der Waals surface area contributed by atoms with E-state index in [0.717, 1.165) is 11.1 Å². The number of aryl methyl sites for hydroxylation is 2. The molecule has 5 nitrogen and oxygen atoms in total. The van der Waals surface area contributed by atoms with E-state index < -0.39 is 10.0 Å². The first-order valence-corrected chi connectivity index (χ1v) is 9.21. The molecule has 0 fully saturated rings. The molecule has 6 heteroatoms. The fourth-order valence-electron chi connectivity index (χ4n) is 2.57. The van der Waals surface area contributed by atoms with E-state index in [2.05, 4.69) is 9.82 Å². The van der Waals surface area contributed by atoms with Crippen LogP contribution in [0, 0.1) is 6.92 Å². The number of para-hydroxylation sites is 1. The van der Waals surface area contributed by atoms with E-state index in [-0.39, 0.29) is 4.90 Å². The van der Waals surface area contributed by atoms with Crippen molar-refractivity contribution < 1.29 is 8.42 Å². The number of nitrogens with one attached hydrogen (secondary N) is 1. The molecule has 0 saturated carbocycles. The molecule has 0 bridgehead atoms. The van der Waals surface area contributed by atoms with Crippen molar-refractivity contribution >= 4 is 15.7 Å². The molecule has 0 aliphatic rings. The molecule has 0 spiro atoms. The standard InChI is InChI=1S/C18H19N3O2S/c1-3-21-13-18(14(2)19-21)24(22,23)20-17-12-8-7-11-16(17)15-9-5-4-6-10-15/h4-13,20H,3H2,1-2H3. The molecule has 2 aromatic carbocycles. The van der Waals surface area contributed by atoms with Gasteiger partial charge in [-0.05, 0) is 25.5 Å². The van der Waals surface area contributed by atoms with Crippen LogP contribution in [0.25, 0.3) is 11.1 Å². The molecule has 0 amide bonds. The number of benzene rings is 2. The lowest BCUT2D eigenvalue weighted by Gasteiger charge is -2.12. The van der Waals surface area contributed by atoms with Crippen LogP contribution in [0.2, 0.25) is 0 Å². The lowest BCUT2D eigenvalue weighted by atomic mass is 10.0. The summed E-state index contributed by atoms with van der Waals surface area (Å²) >= 11 is 0. The highest BCUT2D eigenvalue weighted by atomic mass is 32.2. The van der Waals surface area contributed by atoms with Gasteiger partial charge in [0.2, 0.25) is 0 Å². The molecule has 0 aliphatic heterocycles. The molecule has 0 aliphatic carbocycles. The average Bonchev–Trinajstić information content (AvgIpc) is 2.98. The molecule has 0 saturated heterocycles. The van der Waals surface area contributed by atoms with Crippen molar-refractivity contribution in [2.24, 2.45) is 0 Å². The number of hydrogen-bond donors (Lipinski definition) is 1. The summed E-state index contributed by atoms with van der Waals surface area (Å²) in [6.45, 7) is 4.24. The molecule has 124 valence electrons. The summed E-state index contributed by atoms with van der Waals surface area (Å²) < 4.78 is 29.9. The fourth-order valence-corrected chi connectivity index (χ4v) is 3.83. The smallest absolute Gasteiger partial charge is 0.265 e. The van der Waals surface area contributed by atoms with E-state index in [9.17, 15) is 8.42 Å². The molecule has 1 aromatic heterocycles. The molecular formula is C18H19N3O2S. The summed E-state index contributed by atoms with van der Waals surface area (Å²) in [5.74, 6) is 0. The van der Waals surface area contributed by atoms with Gasteiger partial charge in [0.1, 0.15) is 4.90 Å². The average molecular weight is 341 g/mol. The van der Waals surface area contributed by atoms with E-state index in [1.807, 2.05) is 55.5 Å². The van der Waals surface area contributed by atoms with Crippen LogP contribution in [0.1, 0.15) is 12.6 Å². The van der Waals surface area contributed by atoms with Gasteiger partial charge in [0.05, 0.1) is 11.4 Å². The molecule has 3 aromatic rings. The Labute approximate surface area is 142 Å². The Hall–Kier alpha value is -2.60. The van der Waals surface area contributed by atoms with Gasteiger partial charge in [-0.3, -0.25) is 9.40 Å². The first-order valence-electron chi connectivity index (χ1n) is 7.72. The van der Waals surface area contributed by atoms with Gasteiger partial charge in [0, 0.05) is 18.3 Å². The van der Waals surface area contributed by atoms with Crippen molar-refractivity contribution in [2.75, 3.05) is 4.72 Å². The highest BCUT2D eigenvalue weighted by molar-refractivity contribution is 7.92. The first-order chi connectivity index (χ1) is 11.5. The minimum atomic E-state index is -3.70. The lowest BCUT2D eigenvalue weighted by Crippen LogP contribution is -2.14. The Morgan fingerprint density at radius 3 is 2.38 bits per heavy atom. The van der Waals surface area contributed by atoms with Crippen LogP contribution in [-0.2, 0) is 16.6 Å². The highest BCUT2D eigenvalue weighted by Crippen LogP contribution is 2.29. The van der Waals surface area contributed by atoms with Gasteiger partial charge in [-0.2, -0.15) is 5.10 Å². The van der Waals surface area contributed by atoms with E-state index in [4.69, 9.17) is 0 Å². The molecule has 0 unspecified atom stereocenters. The first kappa shape index (κ1) is 16.3. The van der Waals surface area contributed by atoms with E-state index in [0.29, 0.717) is 17.9 Å². The number of aromatic nitrogens is 2. The third kappa shape index (κ3) is 3.19. The zero-order chi connectivity index (χ0) is 17.2. The zero-order valence-electron chi connectivity index (χ0n) is 13.6. The summed E-state index contributed by atoms with van der Waals surface area (Å²) in [5.41, 5.74) is 2.83. The van der Waals surface area contributed by atoms with Crippen LogP contribution in [0.15, 0.2) is 65.7 Å². The van der Waals surface area contributed by atoms with Crippen LogP contribution in [0.5, 0.6) is 0 Å². The van der Waals surface area contributed by atoms with Gasteiger partial charge in [0.25, 0.3) is 10.0 Å². The predicted molar refractivity (Wildman–Crippen MR) is 95.3 cm³/mol. The summed E-state index contributed by atoms with van der Waals surface area (Å²) in [6, 6.07) is 17.0. The molecule has 1 N–H and O–H groups in total. The van der Waals surface area contributed by atoms with Crippen LogP contribution >= 0.6 is 0 Å². The van der Waals surface area contributed by atoms with Gasteiger partial charge in [0.15, 0.2) is 0 Å². The summed E-state index contributed by atoms with van der Waals surface area (Å²) in [4.78, 5) is 0.201. The normalized spacial score (nSPS) is 11.4. The molecule has 24 heavy (non-hydrogen) atoms. The van der Waals surface area contributed by atoms with Crippen molar-refractivity contribution in [3.05, 3.63) is 66.5 Å². The van der Waals surface area contributed by atoms with Gasteiger partial charge in [-0.1, -0.05) is 48.5 Å². The van der Waals surface area contributed by atoms with Crippen molar-refractivity contribution in [1.29, 1.82) is 0 Å². The van der Waals surface area contributed by atoms with Crippen molar-refractivity contribution in [2.45, 2.75) is 25.3 Å². The minimum Gasteiger partial charge on any atom is -0.279 e. The van der Waals surface area contributed by atoms with E-state index in [1.54, 1.807) is 23.9 Å². The monoisotopic (exact) mass is 341 g/mol. The second-order valence-electron chi connectivity index (χ2n) is 5.45. The summed E-state index contributed by atoms with van der Waals surface area (Å²) in [5, 5.41) is 4.22. The highest BCUT2D eigenvalue weighted by Gasteiger charge is 2.21. The zero-order valence-corrected chi connectivity index (χ0v) is 14.4. The van der Waals surface area contributed by atoms with E-state index >= 15 is 0 Å². The Morgan fingerprint density at radius 1 is 1.04 bits per heavy atom. The predicted octanol–water partition coefficient (Wildman–Crippen LogP) is 3.68. The van der Waals surface area contributed by atoms with Gasteiger partial charge in [-0.15, -0.1) is 0 Å². The lowest BCUT2D eigenvalue weighted by molar-refractivity contribution is 0.600. The Morgan fingerprint density at radius 2 is 1.71 bits per heavy atom. The number of nitrogens with zero attached hydrogens (tertiary/aromatic N) is 2. The van der Waals surface area contributed by atoms with Crippen LogP contribution in [0.3, 0.4) is 0 Å². The second kappa shape index (κ2) is 6.49. The maximum atomic E-state index is 12.8. The van der Waals surface area contributed by atoms with Crippen molar-refractivity contribution in [3.8, 4) is 11.1 Å². The van der Waals surface area contributed by atoms with Crippen molar-refractivity contribution in [3.63, 3.8) is 0 Å². The Balaban J connectivity index is 2.01. The minimum absolute atomic E-state index is 0.201. The van der Waals surface area contributed by atoms with Crippen molar-refractivity contribution in [1.82, 2.24) is 9.78 Å². The number of hydrogen-bond acceptors (Lipinski definition) is 3. The van der Waals surface area contributed by atoms with Crippen LogP contribution < -0.4 is 4.72 Å². The molecule has 0 atom stereocenters. The number of sulfonamides is 1.